The van der Waals surface area contributed by atoms with Crippen molar-refractivity contribution < 1.29 is 18.8 Å². The molecule has 0 aromatic heterocycles. The molecule has 3 atom stereocenters. The van der Waals surface area contributed by atoms with Gasteiger partial charge in [0.2, 0.25) is 17.7 Å². The van der Waals surface area contributed by atoms with Crippen LogP contribution in [0.4, 0.5) is 10.1 Å². The monoisotopic (exact) mass is 482 g/mol. The van der Waals surface area contributed by atoms with E-state index in [0.29, 0.717) is 18.5 Å². The number of carbonyl (C=O) groups excluding carboxylic acids is 3. The highest BCUT2D eigenvalue weighted by atomic mass is 19.1. The molecule has 3 aromatic carbocycles. The number of benzene rings is 3. The lowest BCUT2D eigenvalue weighted by Gasteiger charge is -2.45. The summed E-state index contributed by atoms with van der Waals surface area (Å²) < 4.78 is 13.4. The van der Waals surface area contributed by atoms with Crippen molar-refractivity contribution in [2.24, 2.45) is 11.8 Å². The van der Waals surface area contributed by atoms with Gasteiger partial charge in [-0.3, -0.25) is 19.3 Å². The zero-order chi connectivity index (χ0) is 25.0. The molecule has 1 saturated heterocycles. The van der Waals surface area contributed by atoms with Gasteiger partial charge in [-0.1, -0.05) is 68.3 Å². The van der Waals surface area contributed by atoms with Crippen LogP contribution in [0.25, 0.3) is 0 Å². The summed E-state index contributed by atoms with van der Waals surface area (Å²) in [6.07, 6.45) is 1.91. The normalized spacial score (nSPS) is 24.2. The molecular formula is C30H27FN2O3. The molecule has 0 radical (unpaired) electrons. The number of imide groups is 1. The Labute approximate surface area is 209 Å². The third-order valence-corrected chi connectivity index (χ3v) is 8.04. The Kier molecular flexibility index (Phi) is 5.47. The topological polar surface area (TPSA) is 66.5 Å². The van der Waals surface area contributed by atoms with E-state index in [1.54, 1.807) is 0 Å². The third kappa shape index (κ3) is 3.31. The second-order valence-corrected chi connectivity index (χ2v) is 9.97. The van der Waals surface area contributed by atoms with Crippen LogP contribution in [0.2, 0.25) is 0 Å². The van der Waals surface area contributed by atoms with Gasteiger partial charge in [0, 0.05) is 17.5 Å². The van der Waals surface area contributed by atoms with Crippen LogP contribution in [-0.2, 0) is 14.4 Å². The van der Waals surface area contributed by atoms with E-state index in [1.807, 2.05) is 31.2 Å². The zero-order valence-electron chi connectivity index (χ0n) is 20.0. The molecule has 1 N–H and O–H groups in total. The van der Waals surface area contributed by atoms with Gasteiger partial charge in [0.25, 0.3) is 0 Å². The van der Waals surface area contributed by atoms with Crippen LogP contribution in [0.15, 0.2) is 72.8 Å². The molecule has 5 nitrogen and oxygen atoms in total. The molecule has 4 aliphatic rings. The van der Waals surface area contributed by atoms with E-state index in [2.05, 4.69) is 29.6 Å². The van der Waals surface area contributed by atoms with Crippen molar-refractivity contribution in [3.8, 4) is 0 Å². The van der Waals surface area contributed by atoms with Crippen molar-refractivity contribution in [3.63, 3.8) is 0 Å². The van der Waals surface area contributed by atoms with Gasteiger partial charge in [-0.2, -0.15) is 0 Å². The number of nitrogens with zero attached hydrogens (tertiary/aromatic N) is 1. The van der Waals surface area contributed by atoms with E-state index in [0.717, 1.165) is 28.7 Å². The molecule has 0 saturated carbocycles. The fourth-order valence-electron chi connectivity index (χ4n) is 6.54. The fourth-order valence-corrected chi connectivity index (χ4v) is 6.54. The van der Waals surface area contributed by atoms with Crippen molar-refractivity contribution in [2.45, 2.75) is 44.1 Å². The summed E-state index contributed by atoms with van der Waals surface area (Å²) in [6, 6.07) is 20.8. The summed E-state index contributed by atoms with van der Waals surface area (Å²) in [4.78, 5) is 42.8. The van der Waals surface area contributed by atoms with Gasteiger partial charge >= 0.3 is 0 Å². The van der Waals surface area contributed by atoms with Crippen LogP contribution in [0.5, 0.6) is 0 Å². The molecule has 7 rings (SSSR count). The first-order chi connectivity index (χ1) is 17.5. The number of likely N-dealkylation sites (tertiary alicyclic amines) is 1. The van der Waals surface area contributed by atoms with Crippen LogP contribution in [0, 0.1) is 17.7 Å². The van der Waals surface area contributed by atoms with Crippen LogP contribution in [0.1, 0.15) is 60.3 Å². The Morgan fingerprint density at radius 2 is 1.31 bits per heavy atom. The van der Waals surface area contributed by atoms with Crippen molar-refractivity contribution in [1.82, 2.24) is 4.90 Å². The van der Waals surface area contributed by atoms with Gasteiger partial charge in [-0.25, -0.2) is 4.39 Å². The average Bonchev–Trinajstić information content (AvgIpc) is 3.16. The largest absolute Gasteiger partial charge is 0.324 e. The predicted molar refractivity (Wildman–Crippen MR) is 134 cm³/mol. The van der Waals surface area contributed by atoms with Gasteiger partial charge in [-0.05, 0) is 52.9 Å². The first kappa shape index (κ1) is 22.7. The predicted octanol–water partition coefficient (Wildman–Crippen LogP) is 5.22. The van der Waals surface area contributed by atoms with E-state index in [1.165, 1.54) is 29.2 Å². The van der Waals surface area contributed by atoms with Crippen molar-refractivity contribution in [2.75, 3.05) is 5.32 Å². The molecule has 3 aliphatic carbocycles. The lowest BCUT2D eigenvalue weighted by atomic mass is 9.55. The molecule has 1 aliphatic heterocycles. The maximum atomic E-state index is 14.0. The second-order valence-electron chi connectivity index (χ2n) is 9.97. The number of nitrogens with one attached hydrogen (secondary N) is 1. The quantitative estimate of drug-likeness (QED) is 0.490. The number of hydrogen-bond donors (Lipinski definition) is 1. The lowest BCUT2D eigenvalue weighted by molar-refractivity contribution is -0.147. The smallest absolute Gasteiger partial charge is 0.247 e. The van der Waals surface area contributed by atoms with Crippen LogP contribution < -0.4 is 5.32 Å². The van der Waals surface area contributed by atoms with Crippen LogP contribution in [0.3, 0.4) is 0 Å². The van der Waals surface area contributed by atoms with Crippen molar-refractivity contribution in [3.05, 3.63) is 101 Å². The van der Waals surface area contributed by atoms with Gasteiger partial charge in [0.05, 0.1) is 11.8 Å². The molecule has 36 heavy (non-hydrogen) atoms. The molecule has 0 unspecified atom stereocenters. The molecule has 1 fully saturated rings. The van der Waals surface area contributed by atoms with Gasteiger partial charge in [0.1, 0.15) is 11.9 Å². The molecule has 1 heterocycles. The minimum absolute atomic E-state index is 0.208. The number of rotatable bonds is 6. The first-order valence-corrected chi connectivity index (χ1v) is 12.6. The molecule has 3 aromatic rings. The van der Waals surface area contributed by atoms with Gasteiger partial charge in [0.15, 0.2) is 0 Å². The average molecular weight is 483 g/mol. The fraction of sp³-hybridized carbons (Fsp3) is 0.300. The Morgan fingerprint density at radius 1 is 0.833 bits per heavy atom. The van der Waals surface area contributed by atoms with Crippen LogP contribution in [-0.4, -0.2) is 28.7 Å². The van der Waals surface area contributed by atoms with E-state index < -0.39 is 29.6 Å². The molecule has 6 heteroatoms. The Balaban J connectivity index is 1.39. The molecular weight excluding hydrogens is 455 g/mol. The molecule has 3 amide bonds. The number of unbranched alkanes of at least 4 members (excludes halogenated alkanes) is 1. The van der Waals surface area contributed by atoms with E-state index in [9.17, 15) is 18.8 Å². The second kappa shape index (κ2) is 8.70. The Hall–Kier alpha value is -3.80. The summed E-state index contributed by atoms with van der Waals surface area (Å²) >= 11 is 0. The molecule has 0 spiro atoms. The SMILES string of the molecule is CCCC[C@H](C(=O)Nc1ccc(F)cc1)N1C(=O)[C@@H]2C3c4ccccc4C(c4ccccc43)[C@@H]2C1=O. The minimum Gasteiger partial charge on any atom is -0.324 e. The highest BCUT2D eigenvalue weighted by Crippen LogP contribution is 2.61. The summed E-state index contributed by atoms with van der Waals surface area (Å²) in [5.74, 6) is -2.80. The number of halogens is 1. The highest BCUT2D eigenvalue weighted by molar-refractivity contribution is 6.11. The summed E-state index contributed by atoms with van der Waals surface area (Å²) in [5.41, 5.74) is 4.84. The van der Waals surface area contributed by atoms with E-state index in [4.69, 9.17) is 0 Å². The zero-order valence-corrected chi connectivity index (χ0v) is 20.0. The van der Waals surface area contributed by atoms with Crippen molar-refractivity contribution >= 4 is 23.4 Å². The van der Waals surface area contributed by atoms with Crippen LogP contribution >= 0.6 is 0 Å². The summed E-state index contributed by atoms with van der Waals surface area (Å²) in [7, 11) is 0. The summed E-state index contributed by atoms with van der Waals surface area (Å²) in [6.45, 7) is 2.01. The number of carbonyl (C=O) groups is 3. The number of amides is 3. The molecule has 2 bridgehead atoms. The standard InChI is InChI=1S/C30H27FN2O3/c1-2-3-12-23(28(34)32-18-15-13-17(31)14-16-18)33-29(35)26-24-19-8-4-5-9-20(19)25(27(26)30(33)36)22-11-7-6-10-21(22)24/h4-11,13-16,23-27H,2-3,12H2,1H3,(H,32,34)/t23-,24?,25?,26-,27+/m1/s1. The third-order valence-electron chi connectivity index (χ3n) is 8.04. The van der Waals surface area contributed by atoms with E-state index in [-0.39, 0.29) is 23.7 Å². The maximum Gasteiger partial charge on any atom is 0.247 e. The maximum absolute atomic E-state index is 14.0. The van der Waals surface area contributed by atoms with E-state index >= 15 is 0 Å². The van der Waals surface area contributed by atoms with Gasteiger partial charge in [-0.15, -0.1) is 0 Å². The first-order valence-electron chi connectivity index (χ1n) is 12.6. The summed E-state index contributed by atoms with van der Waals surface area (Å²) in [5, 5.41) is 2.80. The number of hydrogen-bond acceptors (Lipinski definition) is 3. The molecule has 182 valence electrons. The minimum atomic E-state index is -0.911. The highest BCUT2D eigenvalue weighted by Gasteiger charge is 2.62. The Bertz CT molecular complexity index is 1250. The lowest BCUT2D eigenvalue weighted by Crippen LogP contribution is -2.48. The number of anilines is 1. The Morgan fingerprint density at radius 3 is 1.75 bits per heavy atom. The van der Waals surface area contributed by atoms with Crippen molar-refractivity contribution in [1.29, 1.82) is 0 Å². The van der Waals surface area contributed by atoms with Gasteiger partial charge < -0.3 is 5.32 Å².